The van der Waals surface area contributed by atoms with Crippen molar-refractivity contribution in [2.45, 2.75) is 38.2 Å². The summed E-state index contributed by atoms with van der Waals surface area (Å²) in [6.07, 6.45) is 3.43. The number of hydrogen-bond donors (Lipinski definition) is 2. The third kappa shape index (κ3) is 3.25. The second-order valence-electron chi connectivity index (χ2n) is 5.47. The van der Waals surface area contributed by atoms with E-state index < -0.39 is 5.60 Å². The lowest BCUT2D eigenvalue weighted by Gasteiger charge is -2.28. The molecule has 3 nitrogen and oxygen atoms in total. The number of aryl methyl sites for hydroxylation is 1. The Balaban J connectivity index is 1.88. The molecule has 1 aliphatic carbocycles. The van der Waals surface area contributed by atoms with Crippen LogP contribution in [0.15, 0.2) is 18.2 Å². The Kier molecular flexibility index (Phi) is 4.42. The van der Waals surface area contributed by atoms with Crippen LogP contribution in [0.5, 0.6) is 5.75 Å². The van der Waals surface area contributed by atoms with Gasteiger partial charge in [-0.1, -0.05) is 12.5 Å². The molecule has 0 bridgehead atoms. The normalized spacial score (nSPS) is 26.6. The van der Waals surface area contributed by atoms with E-state index in [0.29, 0.717) is 13.0 Å². The third-order valence-corrected chi connectivity index (χ3v) is 4.09. The van der Waals surface area contributed by atoms with E-state index in [2.05, 4.69) is 0 Å². The molecule has 1 fully saturated rings. The Morgan fingerprint density at radius 3 is 3.05 bits per heavy atom. The minimum atomic E-state index is -0.755. The molecule has 3 N–H and O–H groups in total. The molecule has 106 valence electrons. The van der Waals surface area contributed by atoms with Gasteiger partial charge >= 0.3 is 0 Å². The number of hydrogen-bond acceptors (Lipinski definition) is 3. The van der Waals surface area contributed by atoms with E-state index in [0.717, 1.165) is 24.8 Å². The van der Waals surface area contributed by atoms with E-state index in [9.17, 15) is 9.50 Å². The third-order valence-electron chi connectivity index (χ3n) is 4.09. The van der Waals surface area contributed by atoms with Crippen molar-refractivity contribution < 1.29 is 14.2 Å². The fourth-order valence-electron chi connectivity index (χ4n) is 2.84. The van der Waals surface area contributed by atoms with Gasteiger partial charge < -0.3 is 15.6 Å². The first-order valence-electron chi connectivity index (χ1n) is 6.86. The summed E-state index contributed by atoms with van der Waals surface area (Å²) in [6, 6.07) is 4.82. The van der Waals surface area contributed by atoms with Gasteiger partial charge in [0, 0.05) is 6.54 Å². The first-order chi connectivity index (χ1) is 9.05. The van der Waals surface area contributed by atoms with Crippen molar-refractivity contribution in [1.82, 2.24) is 0 Å². The van der Waals surface area contributed by atoms with Crippen molar-refractivity contribution in [2.75, 3.05) is 13.2 Å². The maximum absolute atomic E-state index is 13.5. The van der Waals surface area contributed by atoms with Crippen molar-refractivity contribution in [3.63, 3.8) is 0 Å². The van der Waals surface area contributed by atoms with Gasteiger partial charge in [0.25, 0.3) is 0 Å². The standard InChI is InChI=1S/C15H22FNO2/c1-11-4-5-13(16)14(9-11)19-8-6-12-3-2-7-15(12,18)10-17/h4-5,9,12,18H,2-3,6-8,10,17H2,1H3. The van der Waals surface area contributed by atoms with Crippen LogP contribution in [0.3, 0.4) is 0 Å². The average molecular weight is 267 g/mol. The van der Waals surface area contributed by atoms with Gasteiger partial charge in [-0.15, -0.1) is 0 Å². The zero-order valence-electron chi connectivity index (χ0n) is 11.4. The molecule has 0 aliphatic heterocycles. The number of aliphatic hydroxyl groups is 1. The molecule has 2 unspecified atom stereocenters. The average Bonchev–Trinajstić information content (AvgIpc) is 2.76. The van der Waals surface area contributed by atoms with Crippen LogP contribution >= 0.6 is 0 Å². The molecule has 19 heavy (non-hydrogen) atoms. The minimum absolute atomic E-state index is 0.158. The summed E-state index contributed by atoms with van der Waals surface area (Å²) in [4.78, 5) is 0. The Hall–Kier alpha value is -1.13. The van der Waals surface area contributed by atoms with Crippen molar-refractivity contribution in [3.05, 3.63) is 29.6 Å². The van der Waals surface area contributed by atoms with Crippen molar-refractivity contribution in [2.24, 2.45) is 11.7 Å². The van der Waals surface area contributed by atoms with E-state index in [1.807, 2.05) is 6.92 Å². The minimum Gasteiger partial charge on any atom is -0.490 e. The van der Waals surface area contributed by atoms with E-state index in [1.54, 1.807) is 12.1 Å². The van der Waals surface area contributed by atoms with Gasteiger partial charge in [-0.25, -0.2) is 4.39 Å². The SMILES string of the molecule is Cc1ccc(F)c(OCCC2CCCC2(O)CN)c1. The molecule has 0 amide bonds. The van der Waals surface area contributed by atoms with E-state index in [1.165, 1.54) is 6.07 Å². The van der Waals surface area contributed by atoms with Crippen LogP contribution in [0, 0.1) is 18.7 Å². The Labute approximate surface area is 113 Å². The van der Waals surface area contributed by atoms with Gasteiger partial charge in [0.1, 0.15) is 0 Å². The molecule has 1 aliphatic rings. The number of halogens is 1. The van der Waals surface area contributed by atoms with Gasteiger partial charge in [0.2, 0.25) is 0 Å². The summed E-state index contributed by atoms with van der Waals surface area (Å²) < 4.78 is 19.0. The number of ether oxygens (including phenoxy) is 1. The molecule has 0 saturated heterocycles. The van der Waals surface area contributed by atoms with Gasteiger partial charge in [-0.3, -0.25) is 0 Å². The first-order valence-corrected chi connectivity index (χ1v) is 6.86. The summed E-state index contributed by atoms with van der Waals surface area (Å²) in [6.45, 7) is 2.60. The lowest BCUT2D eigenvalue weighted by atomic mass is 9.88. The molecule has 1 aromatic carbocycles. The number of benzene rings is 1. The van der Waals surface area contributed by atoms with Crippen molar-refractivity contribution in [3.8, 4) is 5.75 Å². The molecule has 2 rings (SSSR count). The topological polar surface area (TPSA) is 55.5 Å². The quantitative estimate of drug-likeness (QED) is 0.861. The van der Waals surface area contributed by atoms with Crippen LogP contribution in [0.1, 0.15) is 31.2 Å². The van der Waals surface area contributed by atoms with Crippen LogP contribution in [-0.2, 0) is 0 Å². The lowest BCUT2D eigenvalue weighted by molar-refractivity contribution is 0.00341. The fraction of sp³-hybridized carbons (Fsp3) is 0.600. The van der Waals surface area contributed by atoms with Crippen LogP contribution in [0.25, 0.3) is 0 Å². The molecule has 0 aromatic heterocycles. The predicted molar refractivity (Wildman–Crippen MR) is 72.6 cm³/mol. The summed E-state index contributed by atoms with van der Waals surface area (Å²) in [5.74, 6) is 0.103. The van der Waals surface area contributed by atoms with Crippen molar-refractivity contribution >= 4 is 0 Å². The molecule has 1 saturated carbocycles. The van der Waals surface area contributed by atoms with Gasteiger partial charge in [0.05, 0.1) is 12.2 Å². The zero-order chi connectivity index (χ0) is 13.9. The summed E-state index contributed by atoms with van der Waals surface area (Å²) in [5, 5.41) is 10.3. The molecule has 2 atom stereocenters. The highest BCUT2D eigenvalue weighted by Crippen LogP contribution is 2.37. The smallest absolute Gasteiger partial charge is 0.165 e. The molecular weight excluding hydrogens is 245 g/mol. The first kappa shape index (κ1) is 14.3. The highest BCUT2D eigenvalue weighted by atomic mass is 19.1. The summed E-state index contributed by atoms with van der Waals surface area (Å²) in [5.41, 5.74) is 5.85. The zero-order valence-corrected chi connectivity index (χ0v) is 11.4. The Morgan fingerprint density at radius 2 is 2.32 bits per heavy atom. The second kappa shape index (κ2) is 5.88. The largest absolute Gasteiger partial charge is 0.490 e. The number of rotatable bonds is 5. The Bertz CT molecular complexity index is 438. The second-order valence-corrected chi connectivity index (χ2v) is 5.47. The summed E-state index contributed by atoms with van der Waals surface area (Å²) >= 11 is 0. The molecule has 0 spiro atoms. The van der Waals surface area contributed by atoms with Crippen LogP contribution in [0.2, 0.25) is 0 Å². The maximum Gasteiger partial charge on any atom is 0.165 e. The highest BCUT2D eigenvalue weighted by molar-refractivity contribution is 5.29. The van der Waals surface area contributed by atoms with E-state index >= 15 is 0 Å². The van der Waals surface area contributed by atoms with Gasteiger partial charge in [0.15, 0.2) is 11.6 Å². The molecule has 4 heteroatoms. The van der Waals surface area contributed by atoms with E-state index in [-0.39, 0.29) is 24.0 Å². The molecule has 0 heterocycles. The Morgan fingerprint density at radius 1 is 1.53 bits per heavy atom. The van der Waals surface area contributed by atoms with Crippen molar-refractivity contribution in [1.29, 1.82) is 0 Å². The maximum atomic E-state index is 13.5. The van der Waals surface area contributed by atoms with Crippen LogP contribution in [-0.4, -0.2) is 23.9 Å². The van der Waals surface area contributed by atoms with Crippen LogP contribution < -0.4 is 10.5 Å². The lowest BCUT2D eigenvalue weighted by Crippen LogP contribution is -2.41. The molecular formula is C15H22FNO2. The number of nitrogens with two attached hydrogens (primary N) is 1. The fourth-order valence-corrected chi connectivity index (χ4v) is 2.84. The summed E-state index contributed by atoms with van der Waals surface area (Å²) in [7, 11) is 0. The van der Waals surface area contributed by atoms with Gasteiger partial charge in [-0.05, 0) is 49.8 Å². The predicted octanol–water partition coefficient (Wildman–Crippen LogP) is 2.39. The van der Waals surface area contributed by atoms with Gasteiger partial charge in [-0.2, -0.15) is 0 Å². The molecule has 1 aromatic rings. The molecule has 0 radical (unpaired) electrons. The highest BCUT2D eigenvalue weighted by Gasteiger charge is 2.39. The van der Waals surface area contributed by atoms with Crippen LogP contribution in [0.4, 0.5) is 4.39 Å². The van der Waals surface area contributed by atoms with E-state index in [4.69, 9.17) is 10.5 Å². The monoisotopic (exact) mass is 267 g/mol.